The molecule has 0 saturated carbocycles. The third-order valence-corrected chi connectivity index (χ3v) is 2.63. The molecule has 0 bridgehead atoms. The van der Waals surface area contributed by atoms with Crippen LogP contribution in [0, 0.1) is 0 Å². The van der Waals surface area contributed by atoms with Gasteiger partial charge in [0, 0.05) is 11.1 Å². The number of carbonyl (C=O) groups is 1. The van der Waals surface area contributed by atoms with Gasteiger partial charge in [-0.3, -0.25) is 0 Å². The third-order valence-electron chi connectivity index (χ3n) is 2.63. The van der Waals surface area contributed by atoms with E-state index in [1.54, 1.807) is 48.5 Å². The zero-order chi connectivity index (χ0) is 15.1. The van der Waals surface area contributed by atoms with E-state index in [2.05, 4.69) is 10.5 Å². The highest BCUT2D eigenvalue weighted by Gasteiger charge is 2.06. The van der Waals surface area contributed by atoms with Crippen LogP contribution >= 0.6 is 0 Å². The number of benzene rings is 2. The van der Waals surface area contributed by atoms with Gasteiger partial charge < -0.3 is 10.5 Å². The number of halogens is 1. The van der Waals surface area contributed by atoms with Gasteiger partial charge >= 0.3 is 6.03 Å². The predicted molar refractivity (Wildman–Crippen MR) is 78.1 cm³/mol. The van der Waals surface area contributed by atoms with Gasteiger partial charge in [-0.25, -0.2) is 14.6 Å². The normalized spacial score (nSPS) is 10.5. The Balaban J connectivity index is 2.24. The number of hydrogen-bond donors (Lipinski definition) is 2. The summed E-state index contributed by atoms with van der Waals surface area (Å²) < 4.78 is 18.6. The minimum absolute atomic E-state index is 0.434. The van der Waals surface area contributed by atoms with E-state index >= 15 is 0 Å². The Kier molecular flexibility index (Phi) is 4.87. The van der Waals surface area contributed by atoms with E-state index in [1.807, 2.05) is 0 Å². The van der Waals surface area contributed by atoms with Crippen molar-refractivity contribution in [3.63, 3.8) is 0 Å². The smallest absolute Gasteiger partial charge is 0.332 e. The SMILES string of the molecule is NC(=O)N/N=C\c1ccccc1Oc1ccccc1CF. The van der Waals surface area contributed by atoms with Crippen molar-refractivity contribution in [3.05, 3.63) is 59.7 Å². The fraction of sp³-hybridized carbons (Fsp3) is 0.0667. The lowest BCUT2D eigenvalue weighted by Crippen LogP contribution is -2.24. The molecule has 2 aromatic rings. The molecule has 0 heterocycles. The summed E-state index contributed by atoms with van der Waals surface area (Å²) in [4.78, 5) is 10.6. The van der Waals surface area contributed by atoms with E-state index in [0.29, 0.717) is 22.6 Å². The summed E-state index contributed by atoms with van der Waals surface area (Å²) in [5, 5.41) is 3.68. The minimum Gasteiger partial charge on any atom is -0.456 e. The molecule has 2 amide bonds. The lowest BCUT2D eigenvalue weighted by molar-refractivity contribution is 0.249. The Morgan fingerprint density at radius 2 is 1.86 bits per heavy atom. The van der Waals surface area contributed by atoms with Crippen LogP contribution in [0.1, 0.15) is 11.1 Å². The zero-order valence-electron chi connectivity index (χ0n) is 11.1. The van der Waals surface area contributed by atoms with Gasteiger partial charge in [0.15, 0.2) is 0 Å². The molecule has 0 aliphatic rings. The quantitative estimate of drug-likeness (QED) is 0.655. The molecule has 6 heteroatoms. The fourth-order valence-corrected chi connectivity index (χ4v) is 1.68. The monoisotopic (exact) mass is 287 g/mol. The molecule has 0 spiro atoms. The summed E-state index contributed by atoms with van der Waals surface area (Å²) >= 11 is 0. The van der Waals surface area contributed by atoms with E-state index in [0.717, 1.165) is 0 Å². The largest absolute Gasteiger partial charge is 0.456 e. The van der Waals surface area contributed by atoms with E-state index in [9.17, 15) is 9.18 Å². The van der Waals surface area contributed by atoms with Crippen LogP contribution in [-0.4, -0.2) is 12.2 Å². The summed E-state index contributed by atoms with van der Waals surface area (Å²) in [7, 11) is 0. The van der Waals surface area contributed by atoms with Crippen molar-refractivity contribution in [2.24, 2.45) is 10.8 Å². The van der Waals surface area contributed by atoms with Crippen LogP contribution < -0.4 is 15.9 Å². The molecule has 0 radical (unpaired) electrons. The maximum atomic E-state index is 12.9. The molecule has 5 nitrogen and oxygen atoms in total. The van der Waals surface area contributed by atoms with Gasteiger partial charge in [-0.15, -0.1) is 0 Å². The first-order valence-corrected chi connectivity index (χ1v) is 6.20. The van der Waals surface area contributed by atoms with Crippen LogP contribution in [0.3, 0.4) is 0 Å². The first-order valence-electron chi connectivity index (χ1n) is 6.20. The van der Waals surface area contributed by atoms with E-state index in [-0.39, 0.29) is 0 Å². The number of carbonyl (C=O) groups excluding carboxylic acids is 1. The van der Waals surface area contributed by atoms with E-state index in [4.69, 9.17) is 10.5 Å². The van der Waals surface area contributed by atoms with Crippen molar-refractivity contribution < 1.29 is 13.9 Å². The van der Waals surface area contributed by atoms with Gasteiger partial charge in [0.05, 0.1) is 6.21 Å². The molecule has 108 valence electrons. The number of ether oxygens (including phenoxy) is 1. The lowest BCUT2D eigenvalue weighted by Gasteiger charge is -2.11. The number of nitrogens with two attached hydrogens (primary N) is 1. The van der Waals surface area contributed by atoms with Gasteiger partial charge in [-0.2, -0.15) is 5.10 Å². The van der Waals surface area contributed by atoms with Crippen molar-refractivity contribution in [1.29, 1.82) is 0 Å². The molecular weight excluding hydrogens is 273 g/mol. The number of urea groups is 1. The average Bonchev–Trinajstić information content (AvgIpc) is 2.49. The zero-order valence-corrected chi connectivity index (χ0v) is 11.1. The Hall–Kier alpha value is -2.89. The molecule has 0 saturated heterocycles. The molecule has 0 aromatic heterocycles. The topological polar surface area (TPSA) is 76.7 Å². The number of nitrogens with one attached hydrogen (secondary N) is 1. The van der Waals surface area contributed by atoms with Crippen molar-refractivity contribution in [1.82, 2.24) is 5.43 Å². The lowest BCUT2D eigenvalue weighted by atomic mass is 10.2. The summed E-state index contributed by atoms with van der Waals surface area (Å²) in [6, 6.07) is 13.1. The van der Waals surface area contributed by atoms with Crippen LogP contribution in [0.5, 0.6) is 11.5 Å². The standard InChI is InChI=1S/C15H14FN3O2/c16-9-11-5-1-3-7-13(11)21-14-8-4-2-6-12(14)10-18-19-15(17)20/h1-8,10H,9H2,(H3,17,19,20)/b18-10-. The average molecular weight is 287 g/mol. The maximum absolute atomic E-state index is 12.9. The molecule has 2 rings (SSSR count). The Labute approximate surface area is 121 Å². The summed E-state index contributed by atoms with van der Waals surface area (Å²) in [6.45, 7) is -0.615. The highest BCUT2D eigenvalue weighted by molar-refractivity contribution is 5.84. The second-order valence-corrected chi connectivity index (χ2v) is 4.12. The molecule has 0 fully saturated rings. The maximum Gasteiger partial charge on any atom is 0.332 e. The summed E-state index contributed by atoms with van der Waals surface area (Å²) in [5.41, 5.74) is 8.10. The van der Waals surface area contributed by atoms with Crippen molar-refractivity contribution in [2.75, 3.05) is 0 Å². The van der Waals surface area contributed by atoms with Crippen molar-refractivity contribution >= 4 is 12.2 Å². The van der Waals surface area contributed by atoms with Crippen molar-refractivity contribution in [2.45, 2.75) is 6.67 Å². The number of para-hydroxylation sites is 2. The molecule has 3 N–H and O–H groups in total. The van der Waals surface area contributed by atoms with Gasteiger partial charge in [-0.05, 0) is 18.2 Å². The summed E-state index contributed by atoms with van der Waals surface area (Å²) in [6.07, 6.45) is 1.40. The van der Waals surface area contributed by atoms with Crippen LogP contribution in [-0.2, 0) is 6.67 Å². The number of primary amides is 1. The number of hydrogen-bond acceptors (Lipinski definition) is 3. The molecule has 0 unspecified atom stereocenters. The predicted octanol–water partition coefficient (Wildman–Crippen LogP) is 2.95. The number of rotatable bonds is 5. The highest BCUT2D eigenvalue weighted by Crippen LogP contribution is 2.27. The minimum atomic E-state index is -0.757. The fourth-order valence-electron chi connectivity index (χ4n) is 1.68. The molecule has 0 aliphatic carbocycles. The Morgan fingerprint density at radius 1 is 1.19 bits per heavy atom. The van der Waals surface area contributed by atoms with Gasteiger partial charge in [0.25, 0.3) is 0 Å². The van der Waals surface area contributed by atoms with Crippen LogP contribution in [0.2, 0.25) is 0 Å². The van der Waals surface area contributed by atoms with E-state index in [1.165, 1.54) is 6.21 Å². The molecular formula is C15H14FN3O2. The van der Waals surface area contributed by atoms with Crippen LogP contribution in [0.4, 0.5) is 9.18 Å². The Morgan fingerprint density at radius 3 is 2.57 bits per heavy atom. The second kappa shape index (κ2) is 7.04. The molecule has 21 heavy (non-hydrogen) atoms. The third kappa shape index (κ3) is 4.04. The van der Waals surface area contributed by atoms with Gasteiger partial charge in [0.2, 0.25) is 0 Å². The van der Waals surface area contributed by atoms with Crippen molar-refractivity contribution in [3.8, 4) is 11.5 Å². The Bertz CT molecular complexity index is 659. The van der Waals surface area contributed by atoms with Gasteiger partial charge in [-0.1, -0.05) is 30.3 Å². The van der Waals surface area contributed by atoms with Crippen LogP contribution in [0.15, 0.2) is 53.6 Å². The van der Waals surface area contributed by atoms with Crippen LogP contribution in [0.25, 0.3) is 0 Å². The van der Waals surface area contributed by atoms with E-state index < -0.39 is 12.7 Å². The molecule has 2 aromatic carbocycles. The number of alkyl halides is 1. The number of hydrazone groups is 1. The molecule has 0 aliphatic heterocycles. The first kappa shape index (κ1) is 14.5. The summed E-state index contributed by atoms with van der Waals surface area (Å²) in [5.74, 6) is 0.928. The number of nitrogens with zero attached hydrogens (tertiary/aromatic N) is 1. The highest BCUT2D eigenvalue weighted by atomic mass is 19.1. The first-order chi connectivity index (χ1) is 10.2. The second-order valence-electron chi connectivity index (χ2n) is 4.12. The number of amides is 2. The molecule has 0 atom stereocenters. The van der Waals surface area contributed by atoms with Gasteiger partial charge in [0.1, 0.15) is 18.2 Å².